The number of aliphatic hydroxyl groups excluding tert-OH is 1. The number of aliphatic hydroxyl groups is 1. The summed E-state index contributed by atoms with van der Waals surface area (Å²) in [5.74, 6) is -1.27. The van der Waals surface area contributed by atoms with Crippen molar-refractivity contribution >= 4 is 5.91 Å². The van der Waals surface area contributed by atoms with Crippen molar-refractivity contribution in [3.05, 3.63) is 0 Å². The monoisotopic (exact) mass is 256 g/mol. The predicted octanol–water partition coefficient (Wildman–Crippen LogP) is 0.791. The van der Waals surface area contributed by atoms with Crippen LogP contribution >= 0.6 is 0 Å². The minimum absolute atomic E-state index is 0.0231. The first-order valence-electron chi connectivity index (χ1n) is 5.19. The Morgan fingerprint density at radius 3 is 2.12 bits per heavy atom. The third-order valence-corrected chi connectivity index (χ3v) is 2.58. The zero-order chi connectivity index (χ0) is 13.9. The van der Waals surface area contributed by atoms with E-state index in [0.29, 0.717) is 13.3 Å². The molecule has 0 bridgehead atoms. The molecule has 1 atom stereocenters. The largest absolute Gasteiger partial charge is 0.415 e. The van der Waals surface area contributed by atoms with Crippen molar-refractivity contribution in [1.82, 2.24) is 5.32 Å². The van der Waals surface area contributed by atoms with Gasteiger partial charge in [0.15, 0.2) is 5.54 Å². The van der Waals surface area contributed by atoms with Crippen molar-refractivity contribution in [2.45, 2.75) is 38.9 Å². The molecule has 0 heterocycles. The van der Waals surface area contributed by atoms with E-state index < -0.39 is 23.0 Å². The number of nitrogens with two attached hydrogens (primary N) is 1. The van der Waals surface area contributed by atoms with Crippen LogP contribution < -0.4 is 11.1 Å². The second kappa shape index (κ2) is 5.22. The van der Waals surface area contributed by atoms with Crippen LogP contribution in [-0.4, -0.2) is 35.9 Å². The molecule has 1 unspecified atom stereocenters. The van der Waals surface area contributed by atoms with E-state index in [-0.39, 0.29) is 13.2 Å². The molecule has 1 amide bonds. The fourth-order valence-corrected chi connectivity index (χ4v) is 1.02. The molecule has 7 heteroatoms. The van der Waals surface area contributed by atoms with Crippen LogP contribution in [0.4, 0.5) is 13.2 Å². The number of amides is 1. The highest BCUT2D eigenvalue weighted by Crippen LogP contribution is 2.28. The fraction of sp³-hybridized carbons (Fsp3) is 0.900. The lowest BCUT2D eigenvalue weighted by molar-refractivity contribution is -0.187. The SMILES string of the molecule is CC(C)(CCO)CNC(=O)C(C)(N)C(F)(F)F. The Hall–Kier alpha value is -0.820. The fourth-order valence-electron chi connectivity index (χ4n) is 1.02. The zero-order valence-corrected chi connectivity index (χ0v) is 10.2. The number of hydrogen-bond acceptors (Lipinski definition) is 3. The quantitative estimate of drug-likeness (QED) is 0.680. The first-order chi connectivity index (χ1) is 7.44. The molecule has 4 N–H and O–H groups in total. The van der Waals surface area contributed by atoms with Crippen LogP contribution in [0.15, 0.2) is 0 Å². The van der Waals surface area contributed by atoms with Crippen LogP contribution in [0.2, 0.25) is 0 Å². The van der Waals surface area contributed by atoms with Gasteiger partial charge in [-0.3, -0.25) is 4.79 Å². The van der Waals surface area contributed by atoms with E-state index in [1.807, 2.05) is 0 Å². The lowest BCUT2D eigenvalue weighted by atomic mass is 9.89. The molecule has 0 saturated carbocycles. The van der Waals surface area contributed by atoms with Crippen molar-refractivity contribution in [3.63, 3.8) is 0 Å². The second-order valence-electron chi connectivity index (χ2n) is 5.02. The van der Waals surface area contributed by atoms with E-state index in [4.69, 9.17) is 10.8 Å². The number of carbonyl (C=O) groups is 1. The Bertz CT molecular complexity index is 275. The summed E-state index contributed by atoms with van der Waals surface area (Å²) in [5, 5.41) is 10.9. The Kier molecular flexibility index (Phi) is 4.97. The first kappa shape index (κ1) is 16.2. The number of halogens is 3. The van der Waals surface area contributed by atoms with Gasteiger partial charge in [-0.2, -0.15) is 13.2 Å². The molecule has 0 saturated heterocycles. The van der Waals surface area contributed by atoms with Gasteiger partial charge in [-0.1, -0.05) is 13.8 Å². The highest BCUT2D eigenvalue weighted by molar-refractivity contribution is 5.86. The van der Waals surface area contributed by atoms with Crippen LogP contribution in [0.5, 0.6) is 0 Å². The van der Waals surface area contributed by atoms with E-state index in [0.717, 1.165) is 0 Å². The van der Waals surface area contributed by atoms with Crippen LogP contribution in [0.25, 0.3) is 0 Å². The van der Waals surface area contributed by atoms with Crippen LogP contribution in [0.1, 0.15) is 27.2 Å². The molecule has 0 aliphatic heterocycles. The maximum atomic E-state index is 12.4. The molecule has 0 fully saturated rings. The molecule has 0 aromatic carbocycles. The van der Waals surface area contributed by atoms with E-state index in [1.54, 1.807) is 13.8 Å². The van der Waals surface area contributed by atoms with Gasteiger partial charge in [0, 0.05) is 13.2 Å². The summed E-state index contributed by atoms with van der Waals surface area (Å²) >= 11 is 0. The van der Waals surface area contributed by atoms with Gasteiger partial charge in [-0.15, -0.1) is 0 Å². The predicted molar refractivity (Wildman–Crippen MR) is 57.1 cm³/mol. The maximum Gasteiger partial charge on any atom is 0.415 e. The molecule has 102 valence electrons. The van der Waals surface area contributed by atoms with E-state index in [1.165, 1.54) is 0 Å². The van der Waals surface area contributed by atoms with E-state index in [2.05, 4.69) is 5.32 Å². The Balaban J connectivity index is 4.48. The summed E-state index contributed by atoms with van der Waals surface area (Å²) in [6.07, 6.45) is -4.42. The van der Waals surface area contributed by atoms with Gasteiger partial charge in [-0.25, -0.2) is 0 Å². The summed E-state index contributed by atoms with van der Waals surface area (Å²) in [4.78, 5) is 11.3. The highest BCUT2D eigenvalue weighted by atomic mass is 19.4. The minimum atomic E-state index is -4.79. The zero-order valence-electron chi connectivity index (χ0n) is 10.2. The minimum Gasteiger partial charge on any atom is -0.396 e. The summed E-state index contributed by atoms with van der Waals surface area (Å²) < 4.78 is 37.3. The molecule has 0 aromatic heterocycles. The molecule has 0 spiro atoms. The van der Waals surface area contributed by atoms with Crippen molar-refractivity contribution in [2.75, 3.05) is 13.2 Å². The van der Waals surface area contributed by atoms with Crippen molar-refractivity contribution in [3.8, 4) is 0 Å². The second-order valence-corrected chi connectivity index (χ2v) is 5.02. The molecular weight excluding hydrogens is 237 g/mol. The first-order valence-corrected chi connectivity index (χ1v) is 5.19. The third kappa shape index (κ3) is 4.51. The van der Waals surface area contributed by atoms with Crippen LogP contribution in [0.3, 0.4) is 0 Å². The number of alkyl halides is 3. The van der Waals surface area contributed by atoms with Crippen molar-refractivity contribution in [2.24, 2.45) is 11.1 Å². The van der Waals surface area contributed by atoms with E-state index >= 15 is 0 Å². The van der Waals surface area contributed by atoms with Gasteiger partial charge < -0.3 is 16.2 Å². The lowest BCUT2D eigenvalue weighted by Gasteiger charge is -2.29. The van der Waals surface area contributed by atoms with Crippen LogP contribution in [0, 0.1) is 5.41 Å². The smallest absolute Gasteiger partial charge is 0.396 e. The number of rotatable bonds is 5. The molecule has 4 nitrogen and oxygen atoms in total. The van der Waals surface area contributed by atoms with E-state index in [9.17, 15) is 18.0 Å². The topological polar surface area (TPSA) is 75.3 Å². The summed E-state index contributed by atoms with van der Waals surface area (Å²) in [6, 6.07) is 0. The Morgan fingerprint density at radius 1 is 1.29 bits per heavy atom. The van der Waals surface area contributed by atoms with Crippen molar-refractivity contribution in [1.29, 1.82) is 0 Å². The Labute approximate surface area is 98.4 Å². The number of nitrogens with one attached hydrogen (secondary N) is 1. The highest BCUT2D eigenvalue weighted by Gasteiger charge is 2.53. The molecule has 0 aromatic rings. The lowest BCUT2D eigenvalue weighted by Crippen LogP contribution is -2.62. The summed E-state index contributed by atoms with van der Waals surface area (Å²) in [7, 11) is 0. The Morgan fingerprint density at radius 2 is 1.76 bits per heavy atom. The molecule has 0 radical (unpaired) electrons. The third-order valence-electron chi connectivity index (χ3n) is 2.58. The van der Waals surface area contributed by atoms with Gasteiger partial charge >= 0.3 is 6.18 Å². The number of hydrogen-bond donors (Lipinski definition) is 3. The molecule has 0 rings (SSSR count). The van der Waals surface area contributed by atoms with Gasteiger partial charge in [0.25, 0.3) is 0 Å². The maximum absolute atomic E-state index is 12.4. The van der Waals surface area contributed by atoms with Gasteiger partial charge in [0.2, 0.25) is 5.91 Å². The van der Waals surface area contributed by atoms with Gasteiger partial charge in [0.05, 0.1) is 0 Å². The molecular formula is C10H19F3N2O2. The average Bonchev–Trinajstić information content (AvgIpc) is 2.12. The molecule has 17 heavy (non-hydrogen) atoms. The average molecular weight is 256 g/mol. The normalized spacial score (nSPS) is 16.5. The molecule has 0 aliphatic carbocycles. The van der Waals surface area contributed by atoms with Crippen molar-refractivity contribution < 1.29 is 23.1 Å². The van der Waals surface area contributed by atoms with Crippen LogP contribution in [-0.2, 0) is 4.79 Å². The molecule has 0 aliphatic rings. The summed E-state index contributed by atoms with van der Waals surface area (Å²) in [5.41, 5.74) is 1.57. The van der Waals surface area contributed by atoms with Gasteiger partial charge in [0.1, 0.15) is 0 Å². The summed E-state index contributed by atoms with van der Waals surface area (Å²) in [6.45, 7) is 4.01. The van der Waals surface area contributed by atoms with Gasteiger partial charge in [-0.05, 0) is 18.8 Å². The number of carbonyl (C=O) groups excluding carboxylic acids is 1. The standard InChI is InChI=1S/C10H19F3N2O2/c1-8(2,4-5-16)6-15-7(17)9(3,14)10(11,12)13/h16H,4-6,14H2,1-3H3,(H,15,17).